The molecule has 1 spiro atoms. The summed E-state index contributed by atoms with van der Waals surface area (Å²) < 4.78 is 9.41. The third-order valence-electron chi connectivity index (χ3n) is 10.7. The van der Waals surface area contributed by atoms with Crippen molar-refractivity contribution in [1.29, 1.82) is 0 Å². The van der Waals surface area contributed by atoms with Crippen molar-refractivity contribution in [2.45, 2.75) is 5.41 Å². The molecular weight excluding hydrogens is 627 g/mol. The molecule has 2 nitrogen and oxygen atoms in total. The molecule has 1 aromatic heterocycles. The van der Waals surface area contributed by atoms with Gasteiger partial charge in [0.2, 0.25) is 0 Å². The van der Waals surface area contributed by atoms with Crippen molar-refractivity contribution in [3.05, 3.63) is 198 Å². The van der Waals surface area contributed by atoms with Crippen LogP contribution in [-0.2, 0) is 5.41 Å². The summed E-state index contributed by atoms with van der Waals surface area (Å²) in [4.78, 5) is 2.39. The van der Waals surface area contributed by atoms with E-state index in [-0.39, 0.29) is 0 Å². The second-order valence-corrected chi connectivity index (χ2v) is 14.3. The lowest BCUT2D eigenvalue weighted by molar-refractivity contribution is 0.435. The number of ether oxygens (including phenoxy) is 1. The Balaban J connectivity index is 1.22. The first-order chi connectivity index (χ1) is 24.8. The first-order valence-corrected chi connectivity index (χ1v) is 17.9. The van der Waals surface area contributed by atoms with Gasteiger partial charge in [0, 0.05) is 48.4 Å². The predicted molar refractivity (Wildman–Crippen MR) is 209 cm³/mol. The third kappa shape index (κ3) is 3.73. The van der Waals surface area contributed by atoms with E-state index in [9.17, 15) is 0 Å². The second kappa shape index (κ2) is 10.4. The maximum Gasteiger partial charge on any atom is 0.132 e. The maximum atomic E-state index is 6.82. The molecule has 9 aromatic rings. The Labute approximate surface area is 294 Å². The molecule has 0 amide bonds. The lowest BCUT2D eigenvalue weighted by Gasteiger charge is -2.45. The number of rotatable bonds is 3. The minimum atomic E-state index is -0.595. The highest BCUT2D eigenvalue weighted by Gasteiger charge is 2.49. The largest absolute Gasteiger partial charge is 0.457 e. The van der Waals surface area contributed by atoms with Crippen molar-refractivity contribution in [3.63, 3.8) is 0 Å². The number of hydrogen-bond donors (Lipinski definition) is 0. The first-order valence-electron chi connectivity index (χ1n) is 17.1. The zero-order chi connectivity index (χ0) is 32.8. The van der Waals surface area contributed by atoms with Gasteiger partial charge in [0.15, 0.2) is 0 Å². The Bertz CT molecular complexity index is 2810. The van der Waals surface area contributed by atoms with E-state index in [1.54, 1.807) is 0 Å². The van der Waals surface area contributed by atoms with Gasteiger partial charge < -0.3 is 9.64 Å². The van der Waals surface area contributed by atoms with E-state index in [0.717, 1.165) is 39.7 Å². The number of hydrogen-bond acceptors (Lipinski definition) is 3. The van der Waals surface area contributed by atoms with Crippen molar-refractivity contribution < 1.29 is 4.74 Å². The Morgan fingerprint density at radius 3 is 2.00 bits per heavy atom. The Morgan fingerprint density at radius 2 is 1.08 bits per heavy atom. The molecule has 0 fully saturated rings. The van der Waals surface area contributed by atoms with Gasteiger partial charge in [-0.2, -0.15) is 0 Å². The molecule has 0 saturated carbocycles. The lowest BCUT2D eigenvalue weighted by atomic mass is 9.58. The average molecular weight is 656 g/mol. The molecule has 8 aromatic carbocycles. The van der Waals surface area contributed by atoms with Gasteiger partial charge in [0.05, 0.1) is 5.41 Å². The normalized spacial score (nSPS) is 15.4. The Hall–Kier alpha value is -6.16. The fourth-order valence-electron chi connectivity index (χ4n) is 8.69. The highest BCUT2D eigenvalue weighted by atomic mass is 32.1. The van der Waals surface area contributed by atoms with Gasteiger partial charge in [-0.25, -0.2) is 0 Å². The molecule has 1 aliphatic carbocycles. The maximum absolute atomic E-state index is 6.82. The number of nitrogens with zero attached hydrogens (tertiary/aromatic N) is 1. The van der Waals surface area contributed by atoms with E-state index in [0.29, 0.717) is 0 Å². The lowest BCUT2D eigenvalue weighted by Crippen LogP contribution is -2.36. The standard InChI is InChI=1S/C47H29NOS/c1-2-14-31(15-3-1)48(33-24-26-36-35-17-5-9-23-44(35)50-45(36)29-33)32-25-27-43-41(28-32)47(39-20-7-8-22-42(39)49-43)38-19-6-4-16-34(38)37-18-10-12-30-13-11-21-40(47)46(30)37/h1-29H. The fourth-order valence-corrected chi connectivity index (χ4v) is 9.83. The van der Waals surface area contributed by atoms with Crippen molar-refractivity contribution >= 4 is 59.3 Å². The van der Waals surface area contributed by atoms with E-state index < -0.39 is 5.41 Å². The van der Waals surface area contributed by atoms with Crippen LogP contribution in [0.4, 0.5) is 17.1 Å². The molecule has 2 aliphatic rings. The summed E-state index contributed by atoms with van der Waals surface area (Å²) in [5.41, 5.74) is 10.1. The van der Waals surface area contributed by atoms with Gasteiger partial charge in [-0.3, -0.25) is 0 Å². The van der Waals surface area contributed by atoms with E-state index in [2.05, 4.69) is 181 Å². The van der Waals surface area contributed by atoms with E-state index in [1.165, 1.54) is 53.2 Å². The predicted octanol–water partition coefficient (Wildman–Crippen LogP) is 13.1. The van der Waals surface area contributed by atoms with Crippen molar-refractivity contribution in [2.24, 2.45) is 0 Å². The first kappa shape index (κ1) is 27.8. The van der Waals surface area contributed by atoms with Gasteiger partial charge in [0.1, 0.15) is 11.5 Å². The molecule has 3 heteroatoms. The number of anilines is 3. The van der Waals surface area contributed by atoms with Crippen LogP contribution in [0.2, 0.25) is 0 Å². The second-order valence-electron chi connectivity index (χ2n) is 13.2. The molecule has 1 aliphatic heterocycles. The molecule has 0 N–H and O–H groups in total. The minimum absolute atomic E-state index is 0.595. The summed E-state index contributed by atoms with van der Waals surface area (Å²) in [6, 6.07) is 64.2. The summed E-state index contributed by atoms with van der Waals surface area (Å²) in [6.45, 7) is 0. The van der Waals surface area contributed by atoms with Gasteiger partial charge in [0.25, 0.3) is 0 Å². The summed E-state index contributed by atoms with van der Waals surface area (Å²) in [5.74, 6) is 1.78. The van der Waals surface area contributed by atoms with Crippen LogP contribution < -0.4 is 9.64 Å². The molecule has 1 unspecified atom stereocenters. The molecule has 11 rings (SSSR count). The SMILES string of the molecule is c1ccc(N(c2ccc3c(c2)C2(c4ccccc4O3)c3ccccc3-c3cccc4cccc2c34)c2ccc3c(c2)sc2ccccc23)cc1. The van der Waals surface area contributed by atoms with E-state index >= 15 is 0 Å². The number of benzene rings is 8. The van der Waals surface area contributed by atoms with Crippen molar-refractivity contribution in [1.82, 2.24) is 0 Å². The van der Waals surface area contributed by atoms with E-state index in [4.69, 9.17) is 4.74 Å². The summed E-state index contributed by atoms with van der Waals surface area (Å²) in [7, 11) is 0. The zero-order valence-electron chi connectivity index (χ0n) is 27.0. The molecule has 0 bridgehead atoms. The minimum Gasteiger partial charge on any atom is -0.457 e. The number of para-hydroxylation sites is 2. The van der Waals surface area contributed by atoms with Gasteiger partial charge >= 0.3 is 0 Å². The van der Waals surface area contributed by atoms with Crippen LogP contribution in [0.3, 0.4) is 0 Å². The number of fused-ring (bicyclic) bond motifs is 11. The third-order valence-corrected chi connectivity index (χ3v) is 11.8. The van der Waals surface area contributed by atoms with E-state index in [1.807, 2.05) is 11.3 Å². The van der Waals surface area contributed by atoms with Crippen LogP contribution >= 0.6 is 11.3 Å². The van der Waals surface area contributed by atoms with Crippen LogP contribution in [0.5, 0.6) is 11.5 Å². The van der Waals surface area contributed by atoms with Crippen LogP contribution in [0, 0.1) is 0 Å². The van der Waals surface area contributed by atoms with Crippen LogP contribution in [-0.4, -0.2) is 0 Å². The van der Waals surface area contributed by atoms with Gasteiger partial charge in [-0.05, 0) is 87.6 Å². The number of thiophene rings is 1. The molecule has 2 heterocycles. The average Bonchev–Trinajstić information content (AvgIpc) is 3.55. The summed E-state index contributed by atoms with van der Waals surface area (Å²) >= 11 is 1.85. The molecule has 50 heavy (non-hydrogen) atoms. The smallest absolute Gasteiger partial charge is 0.132 e. The quantitative estimate of drug-likeness (QED) is 0.188. The molecular formula is C47H29NOS. The zero-order valence-corrected chi connectivity index (χ0v) is 27.8. The van der Waals surface area contributed by atoms with Crippen molar-refractivity contribution in [2.75, 3.05) is 4.90 Å². The van der Waals surface area contributed by atoms with Crippen molar-refractivity contribution in [3.8, 4) is 22.6 Å². The molecule has 0 radical (unpaired) electrons. The van der Waals surface area contributed by atoms with Crippen LogP contribution in [0.25, 0.3) is 42.1 Å². The molecule has 0 saturated heterocycles. The van der Waals surface area contributed by atoms with Gasteiger partial charge in [-0.15, -0.1) is 11.3 Å². The Morgan fingerprint density at radius 1 is 0.420 bits per heavy atom. The molecule has 234 valence electrons. The summed E-state index contributed by atoms with van der Waals surface area (Å²) in [6.07, 6.45) is 0. The van der Waals surface area contributed by atoms with Gasteiger partial charge in [-0.1, -0.05) is 121 Å². The monoisotopic (exact) mass is 655 g/mol. The summed E-state index contributed by atoms with van der Waals surface area (Å²) in [5, 5.41) is 5.15. The van der Waals surface area contributed by atoms with Crippen LogP contribution in [0.1, 0.15) is 22.3 Å². The van der Waals surface area contributed by atoms with Crippen LogP contribution in [0.15, 0.2) is 176 Å². The fraction of sp³-hybridized carbons (Fsp3) is 0.0213. The topological polar surface area (TPSA) is 12.5 Å². The highest BCUT2D eigenvalue weighted by molar-refractivity contribution is 7.25. The Kier molecular flexibility index (Phi) is 5.78. The highest BCUT2D eigenvalue weighted by Crippen LogP contribution is 2.61. The molecule has 1 atom stereocenters.